The van der Waals surface area contributed by atoms with Crippen LogP contribution in [-0.2, 0) is 6.54 Å². The van der Waals surface area contributed by atoms with Crippen molar-refractivity contribution in [1.82, 2.24) is 19.6 Å². The van der Waals surface area contributed by atoms with E-state index in [0.717, 1.165) is 24.4 Å². The highest BCUT2D eigenvalue weighted by Crippen LogP contribution is 2.11. The molecule has 1 aliphatic rings. The smallest absolute Gasteiger partial charge is 0.137 e. The van der Waals surface area contributed by atoms with E-state index >= 15 is 0 Å². The molecule has 1 unspecified atom stereocenters. The largest absolute Gasteiger partial charge is 0.310 e. The lowest BCUT2D eigenvalue weighted by Gasteiger charge is -2.32. The van der Waals surface area contributed by atoms with Gasteiger partial charge in [0.05, 0.1) is 5.69 Å². The van der Waals surface area contributed by atoms with E-state index in [-0.39, 0.29) is 0 Å². The van der Waals surface area contributed by atoms with E-state index in [1.807, 2.05) is 24.4 Å². The number of piperidine rings is 1. The molecule has 0 radical (unpaired) electrons. The van der Waals surface area contributed by atoms with Crippen LogP contribution < -0.4 is 5.32 Å². The standard InChI is InChI=1S/C16H24N4/c1-14(19-8-4-2-5-9-19)11-17-12-15-13-20-10-6-3-7-16(20)18-15/h3,6-7,10,13-14,17H,2,4-5,8-9,11-12H2,1H3. The van der Waals surface area contributed by atoms with E-state index in [2.05, 4.69) is 32.7 Å². The van der Waals surface area contributed by atoms with Crippen molar-refractivity contribution in [2.45, 2.75) is 38.8 Å². The first-order valence-electron chi connectivity index (χ1n) is 7.70. The monoisotopic (exact) mass is 272 g/mol. The van der Waals surface area contributed by atoms with E-state index in [4.69, 9.17) is 0 Å². The van der Waals surface area contributed by atoms with Gasteiger partial charge in [-0.1, -0.05) is 12.5 Å². The number of nitrogens with zero attached hydrogens (tertiary/aromatic N) is 3. The molecule has 2 aromatic heterocycles. The second-order valence-corrected chi connectivity index (χ2v) is 5.77. The van der Waals surface area contributed by atoms with Crippen LogP contribution in [0.5, 0.6) is 0 Å². The highest BCUT2D eigenvalue weighted by molar-refractivity contribution is 5.39. The van der Waals surface area contributed by atoms with Gasteiger partial charge in [-0.3, -0.25) is 4.90 Å². The summed E-state index contributed by atoms with van der Waals surface area (Å²) < 4.78 is 2.07. The van der Waals surface area contributed by atoms with E-state index in [9.17, 15) is 0 Å². The van der Waals surface area contributed by atoms with Crippen molar-refractivity contribution >= 4 is 5.65 Å². The number of likely N-dealkylation sites (tertiary alicyclic amines) is 1. The van der Waals surface area contributed by atoms with Crippen LogP contribution in [0.1, 0.15) is 31.9 Å². The van der Waals surface area contributed by atoms with E-state index < -0.39 is 0 Å². The Bertz CT molecular complexity index is 509. The molecule has 0 bridgehead atoms. The molecule has 0 amide bonds. The third-order valence-electron chi connectivity index (χ3n) is 4.17. The highest BCUT2D eigenvalue weighted by atomic mass is 15.2. The van der Waals surface area contributed by atoms with Crippen molar-refractivity contribution in [2.75, 3.05) is 19.6 Å². The number of fused-ring (bicyclic) bond motifs is 1. The SMILES string of the molecule is CC(CNCc1cn2ccccc2n1)N1CCCCC1. The summed E-state index contributed by atoms with van der Waals surface area (Å²) >= 11 is 0. The molecule has 1 fully saturated rings. The lowest BCUT2D eigenvalue weighted by molar-refractivity contribution is 0.170. The summed E-state index contributed by atoms with van der Waals surface area (Å²) in [7, 11) is 0. The van der Waals surface area contributed by atoms with Gasteiger partial charge in [-0.25, -0.2) is 4.98 Å². The van der Waals surface area contributed by atoms with Crippen LogP contribution in [0.2, 0.25) is 0 Å². The zero-order chi connectivity index (χ0) is 13.8. The second kappa shape index (κ2) is 6.37. The van der Waals surface area contributed by atoms with Crippen LogP contribution in [0.15, 0.2) is 30.6 Å². The predicted octanol–water partition coefficient (Wildman–Crippen LogP) is 2.30. The van der Waals surface area contributed by atoms with Gasteiger partial charge in [-0.05, 0) is 45.0 Å². The van der Waals surface area contributed by atoms with Gasteiger partial charge in [0, 0.05) is 31.5 Å². The second-order valence-electron chi connectivity index (χ2n) is 5.77. The van der Waals surface area contributed by atoms with Crippen LogP contribution in [0.3, 0.4) is 0 Å². The minimum atomic E-state index is 0.618. The molecule has 0 spiro atoms. The quantitative estimate of drug-likeness (QED) is 0.906. The highest BCUT2D eigenvalue weighted by Gasteiger charge is 2.16. The first-order valence-corrected chi connectivity index (χ1v) is 7.70. The Morgan fingerprint density at radius 1 is 1.25 bits per heavy atom. The van der Waals surface area contributed by atoms with Crippen LogP contribution in [0, 0.1) is 0 Å². The van der Waals surface area contributed by atoms with E-state index in [1.165, 1.54) is 32.4 Å². The molecule has 1 N–H and O–H groups in total. The number of hydrogen-bond donors (Lipinski definition) is 1. The molecule has 4 nitrogen and oxygen atoms in total. The van der Waals surface area contributed by atoms with Crippen LogP contribution in [0.25, 0.3) is 5.65 Å². The normalized spacial score (nSPS) is 18.4. The van der Waals surface area contributed by atoms with Gasteiger partial charge in [0.2, 0.25) is 0 Å². The van der Waals surface area contributed by atoms with Crippen molar-refractivity contribution in [3.63, 3.8) is 0 Å². The third kappa shape index (κ3) is 3.19. The lowest BCUT2D eigenvalue weighted by Crippen LogP contribution is -2.42. The number of rotatable bonds is 5. The Hall–Kier alpha value is -1.39. The van der Waals surface area contributed by atoms with Gasteiger partial charge in [0.25, 0.3) is 0 Å². The molecule has 3 heterocycles. The minimum Gasteiger partial charge on any atom is -0.310 e. The fraction of sp³-hybridized carbons (Fsp3) is 0.562. The Morgan fingerprint density at radius 3 is 2.90 bits per heavy atom. The van der Waals surface area contributed by atoms with Gasteiger partial charge in [-0.15, -0.1) is 0 Å². The molecule has 108 valence electrons. The first-order chi connectivity index (χ1) is 9.83. The minimum absolute atomic E-state index is 0.618. The molecule has 4 heteroatoms. The Balaban J connectivity index is 1.49. The zero-order valence-corrected chi connectivity index (χ0v) is 12.3. The lowest BCUT2D eigenvalue weighted by atomic mass is 10.1. The summed E-state index contributed by atoms with van der Waals surface area (Å²) in [5, 5.41) is 3.54. The molecule has 0 aromatic carbocycles. The maximum Gasteiger partial charge on any atom is 0.137 e. The van der Waals surface area contributed by atoms with Crippen molar-refractivity contribution in [3.8, 4) is 0 Å². The van der Waals surface area contributed by atoms with Crippen LogP contribution >= 0.6 is 0 Å². The molecule has 0 saturated carbocycles. The summed E-state index contributed by atoms with van der Waals surface area (Å²) in [5.74, 6) is 0. The molecule has 1 saturated heterocycles. The zero-order valence-electron chi connectivity index (χ0n) is 12.3. The predicted molar refractivity (Wildman–Crippen MR) is 81.8 cm³/mol. The van der Waals surface area contributed by atoms with E-state index in [1.54, 1.807) is 0 Å². The molecule has 20 heavy (non-hydrogen) atoms. The topological polar surface area (TPSA) is 32.6 Å². The number of hydrogen-bond acceptors (Lipinski definition) is 3. The summed E-state index contributed by atoms with van der Waals surface area (Å²) in [6.45, 7) is 6.73. The fourth-order valence-corrected chi connectivity index (χ4v) is 2.97. The average Bonchev–Trinajstić information content (AvgIpc) is 2.90. The van der Waals surface area contributed by atoms with Gasteiger partial charge in [-0.2, -0.15) is 0 Å². The Morgan fingerprint density at radius 2 is 2.10 bits per heavy atom. The van der Waals surface area contributed by atoms with Crippen molar-refractivity contribution in [1.29, 1.82) is 0 Å². The summed E-state index contributed by atoms with van der Waals surface area (Å²) in [6, 6.07) is 6.72. The molecular formula is C16H24N4. The van der Waals surface area contributed by atoms with Gasteiger partial charge >= 0.3 is 0 Å². The summed E-state index contributed by atoms with van der Waals surface area (Å²) in [5.41, 5.74) is 2.13. The summed E-state index contributed by atoms with van der Waals surface area (Å²) in [4.78, 5) is 7.21. The molecule has 1 atom stereocenters. The van der Waals surface area contributed by atoms with Crippen molar-refractivity contribution in [3.05, 3.63) is 36.3 Å². The number of nitrogens with one attached hydrogen (secondary N) is 1. The molecule has 2 aromatic rings. The molecule has 0 aliphatic carbocycles. The first kappa shape index (κ1) is 13.6. The third-order valence-corrected chi connectivity index (χ3v) is 4.17. The number of imidazole rings is 1. The maximum absolute atomic E-state index is 4.61. The average molecular weight is 272 g/mol. The summed E-state index contributed by atoms with van der Waals surface area (Å²) in [6.07, 6.45) is 8.27. The van der Waals surface area contributed by atoms with Gasteiger partial charge in [0.15, 0.2) is 0 Å². The van der Waals surface area contributed by atoms with Crippen molar-refractivity contribution < 1.29 is 0 Å². The van der Waals surface area contributed by atoms with E-state index in [0.29, 0.717) is 6.04 Å². The maximum atomic E-state index is 4.61. The fourth-order valence-electron chi connectivity index (χ4n) is 2.97. The molecule has 1 aliphatic heterocycles. The Kier molecular flexibility index (Phi) is 4.33. The van der Waals surface area contributed by atoms with Crippen LogP contribution in [0.4, 0.5) is 0 Å². The van der Waals surface area contributed by atoms with Crippen LogP contribution in [-0.4, -0.2) is 40.0 Å². The molecular weight excluding hydrogens is 248 g/mol. The molecule has 3 rings (SSSR count). The number of aromatic nitrogens is 2. The number of pyridine rings is 1. The Labute approximate surface area is 120 Å². The van der Waals surface area contributed by atoms with Crippen molar-refractivity contribution in [2.24, 2.45) is 0 Å². The van der Waals surface area contributed by atoms with Gasteiger partial charge < -0.3 is 9.72 Å². The van der Waals surface area contributed by atoms with Gasteiger partial charge in [0.1, 0.15) is 5.65 Å².